The first-order valence-corrected chi connectivity index (χ1v) is 5.73. The third kappa shape index (κ3) is 3.20. The van der Waals surface area contributed by atoms with Crippen LogP contribution in [0.4, 0.5) is 0 Å². The first-order chi connectivity index (χ1) is 7.34. The molecule has 0 aromatic carbocycles. The zero-order valence-corrected chi connectivity index (χ0v) is 8.96. The average Bonchev–Trinajstić information content (AvgIpc) is 2.46. The number of aromatic amines is 1. The van der Waals surface area contributed by atoms with Gasteiger partial charge in [0.1, 0.15) is 0 Å². The van der Waals surface area contributed by atoms with Crippen molar-refractivity contribution in [3.05, 3.63) is 34.2 Å². The van der Waals surface area contributed by atoms with E-state index >= 15 is 0 Å². The fourth-order valence-corrected chi connectivity index (χ4v) is 2.22. The maximum absolute atomic E-state index is 11.2. The summed E-state index contributed by atoms with van der Waals surface area (Å²) < 4.78 is 0. The van der Waals surface area contributed by atoms with Crippen LogP contribution < -0.4 is 10.7 Å². The monoisotopic (exact) mass is 206 g/mol. The summed E-state index contributed by atoms with van der Waals surface area (Å²) in [6.07, 6.45) is 6.49. The molecule has 1 atom stereocenters. The largest absolute Gasteiger partial charge is 0.365 e. The Balaban J connectivity index is 1.98. The van der Waals surface area contributed by atoms with Gasteiger partial charge in [-0.3, -0.25) is 4.79 Å². The van der Waals surface area contributed by atoms with Gasteiger partial charge in [-0.05, 0) is 44.7 Å². The van der Waals surface area contributed by atoms with E-state index in [-0.39, 0.29) is 5.43 Å². The van der Waals surface area contributed by atoms with Crippen LogP contribution in [-0.4, -0.2) is 18.1 Å². The fourth-order valence-electron chi connectivity index (χ4n) is 2.22. The molecule has 1 aliphatic rings. The summed E-state index contributed by atoms with van der Waals surface area (Å²) in [5.74, 6) is 0.720. The van der Waals surface area contributed by atoms with Crippen molar-refractivity contribution in [2.45, 2.75) is 25.7 Å². The highest BCUT2D eigenvalue weighted by atomic mass is 16.1. The molecule has 3 heteroatoms. The highest BCUT2D eigenvalue weighted by Crippen LogP contribution is 2.17. The van der Waals surface area contributed by atoms with Gasteiger partial charge < -0.3 is 10.3 Å². The van der Waals surface area contributed by atoms with Crippen molar-refractivity contribution in [2.24, 2.45) is 5.92 Å². The zero-order chi connectivity index (χ0) is 10.5. The molecule has 0 spiro atoms. The molecular formula is C12H18N2O. The molecule has 15 heavy (non-hydrogen) atoms. The van der Waals surface area contributed by atoms with Crippen LogP contribution in [-0.2, 0) is 6.42 Å². The van der Waals surface area contributed by atoms with Crippen molar-refractivity contribution < 1.29 is 0 Å². The summed E-state index contributed by atoms with van der Waals surface area (Å²) >= 11 is 0. The number of H-pyrrole nitrogens is 1. The molecule has 1 aliphatic heterocycles. The first-order valence-electron chi connectivity index (χ1n) is 5.73. The number of hydrogen-bond acceptors (Lipinski definition) is 2. The van der Waals surface area contributed by atoms with E-state index in [2.05, 4.69) is 10.3 Å². The SMILES string of the molecule is O=c1cc[nH]c(CC2CCCNCC2)c1. The van der Waals surface area contributed by atoms with Crippen LogP contribution >= 0.6 is 0 Å². The van der Waals surface area contributed by atoms with Crippen LogP contribution in [0, 0.1) is 5.92 Å². The van der Waals surface area contributed by atoms with E-state index in [1.807, 2.05) is 0 Å². The Labute approximate surface area is 89.9 Å². The second kappa shape index (κ2) is 5.12. The molecule has 82 valence electrons. The predicted octanol–water partition coefficient (Wildman–Crippen LogP) is 1.31. The molecule has 1 fully saturated rings. The second-order valence-corrected chi connectivity index (χ2v) is 4.30. The molecular weight excluding hydrogens is 188 g/mol. The van der Waals surface area contributed by atoms with Crippen LogP contribution in [0.3, 0.4) is 0 Å². The second-order valence-electron chi connectivity index (χ2n) is 4.30. The molecule has 1 saturated heterocycles. The minimum Gasteiger partial charge on any atom is -0.365 e. The average molecular weight is 206 g/mol. The van der Waals surface area contributed by atoms with Gasteiger partial charge in [0.2, 0.25) is 0 Å². The Kier molecular flexibility index (Phi) is 3.56. The van der Waals surface area contributed by atoms with Crippen LogP contribution in [0.2, 0.25) is 0 Å². The van der Waals surface area contributed by atoms with Crippen molar-refractivity contribution in [1.82, 2.24) is 10.3 Å². The molecule has 2 N–H and O–H groups in total. The molecule has 0 amide bonds. The summed E-state index contributed by atoms with van der Waals surface area (Å²) in [5.41, 5.74) is 1.19. The van der Waals surface area contributed by atoms with E-state index in [9.17, 15) is 4.79 Å². The van der Waals surface area contributed by atoms with Crippen LogP contribution in [0.5, 0.6) is 0 Å². The predicted molar refractivity (Wildman–Crippen MR) is 61.0 cm³/mol. The Morgan fingerprint density at radius 3 is 3.13 bits per heavy atom. The van der Waals surface area contributed by atoms with E-state index in [1.165, 1.54) is 19.3 Å². The molecule has 3 nitrogen and oxygen atoms in total. The zero-order valence-electron chi connectivity index (χ0n) is 8.96. The Morgan fingerprint density at radius 2 is 2.27 bits per heavy atom. The summed E-state index contributed by atoms with van der Waals surface area (Å²) in [4.78, 5) is 14.3. The molecule has 1 unspecified atom stereocenters. The lowest BCUT2D eigenvalue weighted by molar-refractivity contribution is 0.465. The van der Waals surface area contributed by atoms with Gasteiger partial charge in [0.05, 0.1) is 0 Å². The first kappa shape index (κ1) is 10.4. The molecule has 2 heterocycles. The van der Waals surface area contributed by atoms with Crippen molar-refractivity contribution in [3.8, 4) is 0 Å². The lowest BCUT2D eigenvalue weighted by Gasteiger charge is -2.12. The third-order valence-electron chi connectivity index (χ3n) is 3.04. The number of nitrogens with one attached hydrogen (secondary N) is 2. The molecule has 2 rings (SSSR count). The highest BCUT2D eigenvalue weighted by molar-refractivity contribution is 5.05. The quantitative estimate of drug-likeness (QED) is 0.766. The van der Waals surface area contributed by atoms with Crippen LogP contribution in [0.25, 0.3) is 0 Å². The lowest BCUT2D eigenvalue weighted by atomic mass is 9.95. The minimum absolute atomic E-state index is 0.107. The van der Waals surface area contributed by atoms with E-state index < -0.39 is 0 Å². The Hall–Kier alpha value is -1.09. The molecule has 0 aliphatic carbocycles. The Bertz CT molecular complexity index is 351. The Morgan fingerprint density at radius 1 is 1.33 bits per heavy atom. The lowest BCUT2D eigenvalue weighted by Crippen LogP contribution is -2.15. The van der Waals surface area contributed by atoms with Gasteiger partial charge in [-0.2, -0.15) is 0 Å². The van der Waals surface area contributed by atoms with Crippen molar-refractivity contribution in [1.29, 1.82) is 0 Å². The van der Waals surface area contributed by atoms with Gasteiger partial charge in [0.25, 0.3) is 0 Å². The fraction of sp³-hybridized carbons (Fsp3) is 0.583. The van der Waals surface area contributed by atoms with Crippen LogP contribution in [0.1, 0.15) is 25.0 Å². The normalized spacial score (nSPS) is 22.3. The van der Waals surface area contributed by atoms with Gasteiger partial charge in [-0.25, -0.2) is 0 Å². The third-order valence-corrected chi connectivity index (χ3v) is 3.04. The van der Waals surface area contributed by atoms with Gasteiger partial charge in [0.15, 0.2) is 5.43 Å². The van der Waals surface area contributed by atoms with Gasteiger partial charge in [0, 0.05) is 24.0 Å². The van der Waals surface area contributed by atoms with Crippen LogP contribution in [0.15, 0.2) is 23.1 Å². The highest BCUT2D eigenvalue weighted by Gasteiger charge is 2.12. The molecule has 1 aromatic heterocycles. The molecule has 0 radical (unpaired) electrons. The topological polar surface area (TPSA) is 44.9 Å². The molecule has 1 aromatic rings. The van der Waals surface area contributed by atoms with Crippen molar-refractivity contribution in [3.63, 3.8) is 0 Å². The number of aromatic nitrogens is 1. The smallest absolute Gasteiger partial charge is 0.181 e. The maximum atomic E-state index is 11.2. The molecule has 0 saturated carbocycles. The molecule has 0 bridgehead atoms. The van der Waals surface area contributed by atoms with E-state index in [4.69, 9.17) is 0 Å². The van der Waals surface area contributed by atoms with Gasteiger partial charge in [-0.15, -0.1) is 0 Å². The summed E-state index contributed by atoms with van der Waals surface area (Å²) in [7, 11) is 0. The van der Waals surface area contributed by atoms with E-state index in [0.717, 1.165) is 31.1 Å². The van der Waals surface area contributed by atoms with Gasteiger partial charge >= 0.3 is 0 Å². The summed E-state index contributed by atoms with van der Waals surface area (Å²) in [6.45, 7) is 2.25. The maximum Gasteiger partial charge on any atom is 0.181 e. The van der Waals surface area contributed by atoms with Crippen molar-refractivity contribution >= 4 is 0 Å². The van der Waals surface area contributed by atoms with E-state index in [0.29, 0.717) is 0 Å². The van der Waals surface area contributed by atoms with E-state index in [1.54, 1.807) is 18.3 Å². The summed E-state index contributed by atoms with van der Waals surface area (Å²) in [6, 6.07) is 3.29. The standard InChI is InChI=1S/C12H18N2O/c15-12-4-7-14-11(9-12)8-10-2-1-5-13-6-3-10/h4,7,9-10,13H,1-3,5-6,8H2,(H,14,15). The number of pyridine rings is 1. The van der Waals surface area contributed by atoms with Crippen molar-refractivity contribution in [2.75, 3.05) is 13.1 Å². The summed E-state index contributed by atoms with van der Waals surface area (Å²) in [5, 5.41) is 3.40. The minimum atomic E-state index is 0.107. The number of hydrogen-bond donors (Lipinski definition) is 2. The van der Waals surface area contributed by atoms with Gasteiger partial charge in [-0.1, -0.05) is 0 Å². The number of rotatable bonds is 2.